The molecule has 7 heteroatoms. The van der Waals surface area contributed by atoms with E-state index in [0.717, 1.165) is 11.3 Å². The van der Waals surface area contributed by atoms with E-state index < -0.39 is 6.23 Å². The molecule has 2 heterocycles. The zero-order valence-electron chi connectivity index (χ0n) is 16.0. The molecule has 2 aromatic rings. The number of methoxy groups -OCH3 is 1. The van der Waals surface area contributed by atoms with E-state index in [4.69, 9.17) is 9.47 Å². The average molecular weight is 383 g/mol. The van der Waals surface area contributed by atoms with Crippen molar-refractivity contribution in [3.05, 3.63) is 58.9 Å². The Morgan fingerprint density at radius 3 is 2.79 bits per heavy atom. The summed E-state index contributed by atoms with van der Waals surface area (Å²) in [6, 6.07) is 11.3. The van der Waals surface area contributed by atoms with Gasteiger partial charge in [0, 0.05) is 41.1 Å². The van der Waals surface area contributed by atoms with Gasteiger partial charge in [-0.25, -0.2) is 0 Å². The summed E-state index contributed by atoms with van der Waals surface area (Å²) in [5.74, 6) is 1.48. The molecule has 3 N–H and O–H groups in total. The minimum absolute atomic E-state index is 0.146. The Morgan fingerprint density at radius 1 is 1.32 bits per heavy atom. The second-order valence-electron chi connectivity index (χ2n) is 7.32. The second kappa shape index (κ2) is 7.87. The van der Waals surface area contributed by atoms with Crippen molar-refractivity contribution in [2.45, 2.75) is 18.7 Å². The molecular weight excluding hydrogens is 358 g/mol. The Morgan fingerprint density at radius 2 is 2.07 bits per heavy atom. The number of carbonyl (C=O) groups excluding carboxylic acids is 1. The first-order chi connectivity index (χ1) is 13.6. The first-order valence-corrected chi connectivity index (χ1v) is 9.47. The smallest absolute Gasteiger partial charge is 0.251 e. The van der Waals surface area contributed by atoms with Gasteiger partial charge < -0.3 is 19.9 Å². The molecule has 7 nitrogen and oxygen atoms in total. The predicted molar refractivity (Wildman–Crippen MR) is 103 cm³/mol. The van der Waals surface area contributed by atoms with Crippen LogP contribution in [0.5, 0.6) is 5.75 Å². The van der Waals surface area contributed by atoms with Gasteiger partial charge in [0.25, 0.3) is 5.91 Å². The van der Waals surface area contributed by atoms with Crippen molar-refractivity contribution in [1.82, 2.24) is 15.6 Å². The van der Waals surface area contributed by atoms with Crippen LogP contribution in [0.3, 0.4) is 0 Å². The summed E-state index contributed by atoms with van der Waals surface area (Å²) in [6.45, 7) is 1.43. The van der Waals surface area contributed by atoms with E-state index in [0.29, 0.717) is 48.4 Å². The maximum Gasteiger partial charge on any atom is 0.251 e. The molecule has 1 saturated heterocycles. The number of hydrogen-bond donors (Lipinski definition) is 3. The number of para-hydroxylation sites is 1. The molecule has 148 valence electrons. The van der Waals surface area contributed by atoms with Crippen LogP contribution >= 0.6 is 0 Å². The Hall–Kier alpha value is -2.48. The highest BCUT2D eigenvalue weighted by molar-refractivity contribution is 5.95. The number of ether oxygens (including phenoxy) is 2. The van der Waals surface area contributed by atoms with Crippen LogP contribution in [0, 0.1) is 11.8 Å². The SMILES string of the molecule is CNC(O)c1cc(C(=O)NC2[C@H]3COC[C@@H]23)cc(Cc2ccccc2OC)n1. The molecule has 4 atom stereocenters. The lowest BCUT2D eigenvalue weighted by molar-refractivity contribution is 0.0928. The standard InChI is InChI=1S/C21H25N3O4/c1-22-21(26)17-9-13(20(25)24-19-15-10-28-11-16(15)19)8-14(23-17)7-12-5-3-4-6-18(12)27-2/h3-6,8-9,15-16,19,21-22,26H,7,10-11H2,1-2H3,(H,24,25)/t15-,16+,19?,21?. The van der Waals surface area contributed by atoms with E-state index in [1.165, 1.54) is 0 Å². The number of aromatic nitrogens is 1. The molecule has 1 aromatic carbocycles. The van der Waals surface area contributed by atoms with Gasteiger partial charge in [-0.15, -0.1) is 0 Å². The van der Waals surface area contributed by atoms with E-state index in [1.807, 2.05) is 24.3 Å². The number of aliphatic hydroxyl groups is 1. The van der Waals surface area contributed by atoms with E-state index in [-0.39, 0.29) is 11.9 Å². The topological polar surface area (TPSA) is 92.7 Å². The Labute approximate surface area is 164 Å². The quantitative estimate of drug-likeness (QED) is 0.624. The lowest BCUT2D eigenvalue weighted by atomic mass is 10.1. The number of benzene rings is 1. The number of rotatable bonds is 7. The molecule has 28 heavy (non-hydrogen) atoms. The minimum atomic E-state index is -0.946. The van der Waals surface area contributed by atoms with E-state index in [9.17, 15) is 9.90 Å². The average Bonchev–Trinajstić information content (AvgIpc) is 3.13. The second-order valence-corrected chi connectivity index (χ2v) is 7.32. The molecule has 2 fully saturated rings. The lowest BCUT2D eigenvalue weighted by Gasteiger charge is -2.15. The monoisotopic (exact) mass is 383 g/mol. The lowest BCUT2D eigenvalue weighted by Crippen LogP contribution is -2.30. The van der Waals surface area contributed by atoms with Crippen LogP contribution in [0.1, 0.15) is 33.5 Å². The van der Waals surface area contributed by atoms with Crippen molar-refractivity contribution >= 4 is 5.91 Å². The highest BCUT2D eigenvalue weighted by atomic mass is 16.5. The van der Waals surface area contributed by atoms with Crippen LogP contribution in [0.4, 0.5) is 0 Å². The van der Waals surface area contributed by atoms with Crippen LogP contribution in [0.25, 0.3) is 0 Å². The summed E-state index contributed by atoms with van der Waals surface area (Å²) < 4.78 is 10.8. The third-order valence-electron chi connectivity index (χ3n) is 5.53. The van der Waals surface area contributed by atoms with Gasteiger partial charge >= 0.3 is 0 Å². The predicted octanol–water partition coefficient (Wildman–Crippen LogP) is 1.27. The Bertz CT molecular complexity index is 862. The number of amides is 1. The third kappa shape index (κ3) is 3.73. The molecule has 1 amide bonds. The third-order valence-corrected chi connectivity index (χ3v) is 5.53. The van der Waals surface area contributed by atoms with Crippen LogP contribution < -0.4 is 15.4 Å². The maximum atomic E-state index is 12.8. The van der Waals surface area contributed by atoms with Gasteiger partial charge in [0.1, 0.15) is 12.0 Å². The molecule has 0 radical (unpaired) electrons. The van der Waals surface area contributed by atoms with E-state index in [2.05, 4.69) is 15.6 Å². The highest BCUT2D eigenvalue weighted by Gasteiger charge is 2.54. The van der Waals surface area contributed by atoms with Crippen molar-refractivity contribution in [3.8, 4) is 5.75 Å². The van der Waals surface area contributed by atoms with Gasteiger partial charge in [0.05, 0.1) is 26.0 Å². The largest absolute Gasteiger partial charge is 0.496 e. The summed E-state index contributed by atoms with van der Waals surface area (Å²) in [5.41, 5.74) is 2.57. The molecular formula is C21H25N3O4. The van der Waals surface area contributed by atoms with Crippen LogP contribution in [0.2, 0.25) is 0 Å². The molecule has 1 aliphatic carbocycles. The summed E-state index contributed by atoms with van der Waals surface area (Å²) in [5, 5.41) is 16.1. The van der Waals surface area contributed by atoms with Crippen molar-refractivity contribution < 1.29 is 19.4 Å². The zero-order valence-corrected chi connectivity index (χ0v) is 16.0. The summed E-state index contributed by atoms with van der Waals surface area (Å²) in [7, 11) is 3.27. The molecule has 1 aliphatic heterocycles. The number of nitrogens with zero attached hydrogens (tertiary/aromatic N) is 1. The number of carbonyl (C=O) groups is 1. The molecule has 2 unspecified atom stereocenters. The molecule has 1 aromatic heterocycles. The normalized spacial score (nSPS) is 23.8. The van der Waals surface area contributed by atoms with Crippen LogP contribution in [-0.2, 0) is 11.2 Å². The minimum Gasteiger partial charge on any atom is -0.496 e. The number of nitrogens with one attached hydrogen (secondary N) is 2. The Balaban J connectivity index is 1.58. The van der Waals surface area contributed by atoms with Crippen molar-refractivity contribution in [2.24, 2.45) is 11.8 Å². The van der Waals surface area contributed by atoms with E-state index in [1.54, 1.807) is 26.3 Å². The summed E-state index contributed by atoms with van der Waals surface area (Å²) in [4.78, 5) is 17.4. The number of hydrogen-bond acceptors (Lipinski definition) is 6. The van der Waals surface area contributed by atoms with E-state index >= 15 is 0 Å². The van der Waals surface area contributed by atoms with Gasteiger partial charge in [-0.1, -0.05) is 18.2 Å². The molecule has 0 bridgehead atoms. The molecule has 4 rings (SSSR count). The van der Waals surface area contributed by atoms with Gasteiger partial charge in [-0.05, 0) is 25.2 Å². The van der Waals surface area contributed by atoms with Crippen LogP contribution in [-0.4, -0.2) is 49.4 Å². The molecule has 0 spiro atoms. The van der Waals surface area contributed by atoms with Crippen molar-refractivity contribution in [3.63, 3.8) is 0 Å². The molecule has 1 saturated carbocycles. The number of aliphatic hydroxyl groups excluding tert-OH is 1. The van der Waals surface area contributed by atoms with Crippen molar-refractivity contribution in [2.75, 3.05) is 27.4 Å². The number of pyridine rings is 1. The fourth-order valence-corrected chi connectivity index (χ4v) is 3.85. The summed E-state index contributed by atoms with van der Waals surface area (Å²) in [6.07, 6.45) is -0.449. The highest BCUT2D eigenvalue weighted by Crippen LogP contribution is 2.44. The van der Waals surface area contributed by atoms with Gasteiger partial charge in [-0.2, -0.15) is 0 Å². The number of fused-ring (bicyclic) bond motifs is 1. The van der Waals surface area contributed by atoms with Gasteiger partial charge in [-0.3, -0.25) is 15.1 Å². The summed E-state index contributed by atoms with van der Waals surface area (Å²) >= 11 is 0. The zero-order chi connectivity index (χ0) is 19.7. The Kier molecular flexibility index (Phi) is 5.30. The van der Waals surface area contributed by atoms with Crippen molar-refractivity contribution in [1.29, 1.82) is 0 Å². The van der Waals surface area contributed by atoms with Gasteiger partial charge in [0.2, 0.25) is 0 Å². The maximum absolute atomic E-state index is 12.8. The molecule has 2 aliphatic rings. The fraction of sp³-hybridized carbons (Fsp3) is 0.429. The van der Waals surface area contributed by atoms with Gasteiger partial charge in [0.15, 0.2) is 0 Å². The first-order valence-electron chi connectivity index (χ1n) is 9.47. The first kappa shape index (κ1) is 18.9. The van der Waals surface area contributed by atoms with Crippen LogP contribution in [0.15, 0.2) is 36.4 Å². The fourth-order valence-electron chi connectivity index (χ4n) is 3.85.